The van der Waals surface area contributed by atoms with E-state index in [1.807, 2.05) is 32.0 Å². The van der Waals surface area contributed by atoms with Gasteiger partial charge in [-0.25, -0.2) is 4.98 Å². The third-order valence-electron chi connectivity index (χ3n) is 2.45. The average molecular weight is 297 g/mol. The highest BCUT2D eigenvalue weighted by Gasteiger charge is 2.08. The van der Waals surface area contributed by atoms with Crippen molar-refractivity contribution in [1.29, 1.82) is 0 Å². The van der Waals surface area contributed by atoms with Crippen LogP contribution in [0.1, 0.15) is 12.5 Å². The van der Waals surface area contributed by atoms with Crippen molar-refractivity contribution in [3.63, 3.8) is 0 Å². The Morgan fingerprint density at radius 3 is 2.74 bits per heavy atom. The molecule has 2 rings (SSSR count). The Morgan fingerprint density at radius 1 is 1.21 bits per heavy atom. The van der Waals surface area contributed by atoms with E-state index >= 15 is 0 Å². The van der Waals surface area contributed by atoms with Crippen LogP contribution in [0.15, 0.2) is 24.4 Å². The molecule has 1 aromatic carbocycles. The molecule has 0 spiro atoms. The molecule has 100 valence electrons. The lowest BCUT2D eigenvalue weighted by Gasteiger charge is -2.11. The van der Waals surface area contributed by atoms with Gasteiger partial charge in [0.1, 0.15) is 5.02 Å². The minimum atomic E-state index is 0.444. The lowest BCUT2D eigenvalue weighted by atomic mass is 10.2. The number of nitrogens with zero attached hydrogens (tertiary/aromatic N) is 2. The molecule has 2 N–H and O–H groups in total. The van der Waals surface area contributed by atoms with Gasteiger partial charge in [0, 0.05) is 6.54 Å². The van der Waals surface area contributed by atoms with E-state index in [1.54, 1.807) is 6.20 Å². The zero-order chi connectivity index (χ0) is 13.8. The van der Waals surface area contributed by atoms with Gasteiger partial charge in [-0.1, -0.05) is 29.3 Å². The van der Waals surface area contributed by atoms with E-state index in [-0.39, 0.29) is 0 Å². The molecule has 0 aliphatic rings. The van der Waals surface area contributed by atoms with Crippen LogP contribution in [-0.2, 0) is 0 Å². The van der Waals surface area contributed by atoms with Crippen molar-refractivity contribution in [1.82, 2.24) is 9.97 Å². The van der Waals surface area contributed by atoms with Crippen LogP contribution in [0.4, 0.5) is 17.5 Å². The topological polar surface area (TPSA) is 49.8 Å². The van der Waals surface area contributed by atoms with Gasteiger partial charge in [-0.15, -0.1) is 0 Å². The third-order valence-corrected chi connectivity index (χ3v) is 3.06. The van der Waals surface area contributed by atoms with E-state index in [2.05, 4.69) is 20.6 Å². The summed E-state index contributed by atoms with van der Waals surface area (Å²) < 4.78 is 0. The molecule has 6 heteroatoms. The number of benzene rings is 1. The van der Waals surface area contributed by atoms with Crippen LogP contribution in [0.5, 0.6) is 0 Å². The quantitative estimate of drug-likeness (QED) is 0.885. The van der Waals surface area contributed by atoms with E-state index < -0.39 is 0 Å². The van der Waals surface area contributed by atoms with E-state index in [1.165, 1.54) is 0 Å². The van der Waals surface area contributed by atoms with Crippen molar-refractivity contribution in [3.8, 4) is 0 Å². The predicted molar refractivity (Wildman–Crippen MR) is 80.7 cm³/mol. The summed E-state index contributed by atoms with van der Waals surface area (Å²) >= 11 is 12.2. The van der Waals surface area contributed by atoms with Gasteiger partial charge in [-0.2, -0.15) is 4.98 Å². The molecule has 0 aliphatic carbocycles. The summed E-state index contributed by atoms with van der Waals surface area (Å²) in [6.45, 7) is 4.71. The molecular formula is C13H14Cl2N4. The van der Waals surface area contributed by atoms with Gasteiger partial charge >= 0.3 is 0 Å². The van der Waals surface area contributed by atoms with Gasteiger partial charge in [-0.05, 0) is 31.5 Å². The molecule has 0 saturated carbocycles. The summed E-state index contributed by atoms with van der Waals surface area (Å²) in [5.74, 6) is 1.05. The Balaban J connectivity index is 2.31. The fraction of sp³-hybridized carbons (Fsp3) is 0.231. The Morgan fingerprint density at radius 2 is 2.00 bits per heavy atom. The minimum Gasteiger partial charge on any atom is -0.354 e. The molecule has 0 unspecified atom stereocenters. The van der Waals surface area contributed by atoms with Crippen molar-refractivity contribution in [2.75, 3.05) is 17.2 Å². The highest BCUT2D eigenvalue weighted by atomic mass is 35.5. The summed E-state index contributed by atoms with van der Waals surface area (Å²) in [7, 11) is 0. The molecule has 0 bridgehead atoms. The summed E-state index contributed by atoms with van der Waals surface area (Å²) in [6.07, 6.45) is 1.55. The second-order valence-corrected chi connectivity index (χ2v) is 4.84. The minimum absolute atomic E-state index is 0.444. The van der Waals surface area contributed by atoms with Crippen LogP contribution in [-0.4, -0.2) is 16.5 Å². The van der Waals surface area contributed by atoms with Crippen molar-refractivity contribution >= 4 is 40.7 Å². The standard InChI is InChI=1S/C13H14Cl2N4/c1-3-16-13-17-7-10(15)12(19-13)18-11-6-8(2)4-5-9(11)14/h4-7H,3H2,1-2H3,(H2,16,17,18,19). The monoisotopic (exact) mass is 296 g/mol. The lowest BCUT2D eigenvalue weighted by Crippen LogP contribution is -2.04. The molecule has 0 aliphatic heterocycles. The average Bonchev–Trinajstić information content (AvgIpc) is 2.38. The largest absolute Gasteiger partial charge is 0.354 e. The Labute approximate surface area is 122 Å². The summed E-state index contributed by atoms with van der Waals surface area (Å²) in [6, 6.07) is 5.71. The number of aryl methyl sites for hydroxylation is 1. The molecule has 0 fully saturated rings. The Hall–Kier alpha value is -1.52. The number of hydrogen-bond acceptors (Lipinski definition) is 4. The number of halogens is 2. The summed E-state index contributed by atoms with van der Waals surface area (Å²) in [5.41, 5.74) is 1.87. The molecule has 0 amide bonds. The van der Waals surface area contributed by atoms with Crippen LogP contribution < -0.4 is 10.6 Å². The fourth-order valence-electron chi connectivity index (χ4n) is 1.56. The molecule has 19 heavy (non-hydrogen) atoms. The van der Waals surface area contributed by atoms with Gasteiger partial charge < -0.3 is 10.6 Å². The van der Waals surface area contributed by atoms with Gasteiger partial charge in [0.25, 0.3) is 0 Å². The maximum atomic E-state index is 6.13. The summed E-state index contributed by atoms with van der Waals surface area (Å²) in [4.78, 5) is 8.39. The fourth-order valence-corrected chi connectivity index (χ4v) is 1.86. The molecule has 1 heterocycles. The number of rotatable bonds is 4. The van der Waals surface area contributed by atoms with Crippen LogP contribution >= 0.6 is 23.2 Å². The van der Waals surface area contributed by atoms with Gasteiger partial charge in [-0.3, -0.25) is 0 Å². The maximum absolute atomic E-state index is 6.13. The highest BCUT2D eigenvalue weighted by molar-refractivity contribution is 6.34. The smallest absolute Gasteiger partial charge is 0.224 e. The second-order valence-electron chi connectivity index (χ2n) is 4.03. The first kappa shape index (κ1) is 13.9. The SMILES string of the molecule is CCNc1ncc(Cl)c(Nc2cc(C)ccc2Cl)n1. The first-order valence-electron chi connectivity index (χ1n) is 5.89. The first-order valence-corrected chi connectivity index (χ1v) is 6.65. The number of aromatic nitrogens is 2. The van der Waals surface area contributed by atoms with E-state index in [4.69, 9.17) is 23.2 Å². The number of nitrogens with one attached hydrogen (secondary N) is 2. The summed E-state index contributed by atoms with van der Waals surface area (Å²) in [5, 5.41) is 7.22. The molecule has 0 saturated heterocycles. The van der Waals surface area contributed by atoms with Crippen molar-refractivity contribution in [2.45, 2.75) is 13.8 Å². The van der Waals surface area contributed by atoms with E-state index in [0.29, 0.717) is 21.8 Å². The zero-order valence-electron chi connectivity index (χ0n) is 10.7. The van der Waals surface area contributed by atoms with E-state index in [9.17, 15) is 0 Å². The van der Waals surface area contributed by atoms with Gasteiger partial charge in [0.2, 0.25) is 5.95 Å². The van der Waals surface area contributed by atoms with Crippen molar-refractivity contribution in [3.05, 3.63) is 40.0 Å². The molecule has 0 atom stereocenters. The van der Waals surface area contributed by atoms with Crippen LogP contribution in [0.3, 0.4) is 0 Å². The molecular weight excluding hydrogens is 283 g/mol. The van der Waals surface area contributed by atoms with Gasteiger partial charge in [0.15, 0.2) is 5.82 Å². The van der Waals surface area contributed by atoms with Crippen molar-refractivity contribution in [2.24, 2.45) is 0 Å². The predicted octanol–water partition coefficient (Wildman–Crippen LogP) is 4.27. The molecule has 4 nitrogen and oxygen atoms in total. The van der Waals surface area contributed by atoms with Crippen LogP contribution in [0, 0.1) is 6.92 Å². The Kier molecular flexibility index (Phi) is 4.45. The zero-order valence-corrected chi connectivity index (χ0v) is 12.2. The van der Waals surface area contributed by atoms with Gasteiger partial charge in [0.05, 0.1) is 16.9 Å². The lowest BCUT2D eigenvalue weighted by molar-refractivity contribution is 1.09. The molecule has 1 aromatic heterocycles. The maximum Gasteiger partial charge on any atom is 0.224 e. The third kappa shape index (κ3) is 3.49. The molecule has 0 radical (unpaired) electrons. The van der Waals surface area contributed by atoms with Crippen molar-refractivity contribution < 1.29 is 0 Å². The van der Waals surface area contributed by atoms with Crippen LogP contribution in [0.25, 0.3) is 0 Å². The normalized spacial score (nSPS) is 10.3. The van der Waals surface area contributed by atoms with E-state index in [0.717, 1.165) is 17.8 Å². The highest BCUT2D eigenvalue weighted by Crippen LogP contribution is 2.29. The second kappa shape index (κ2) is 6.08. The number of hydrogen-bond donors (Lipinski definition) is 2. The van der Waals surface area contributed by atoms with Crippen LogP contribution in [0.2, 0.25) is 10.0 Å². The first-order chi connectivity index (χ1) is 9.10. The number of anilines is 3. The molecule has 2 aromatic rings. The Bertz CT molecular complexity index is 587.